The molecule has 1 saturated heterocycles. The minimum absolute atomic E-state index is 0.0153. The lowest BCUT2D eigenvalue weighted by Gasteiger charge is -2.15. The zero-order valence-electron chi connectivity index (χ0n) is 16.4. The maximum atomic E-state index is 12.7. The number of hydrogen-bond donors (Lipinski definition) is 1. The van der Waals surface area contributed by atoms with Crippen LogP contribution in [0, 0.1) is 10.1 Å². The van der Waals surface area contributed by atoms with Crippen molar-refractivity contribution in [3.05, 3.63) is 93.1 Å². The molecule has 1 fully saturated rings. The first-order chi connectivity index (χ1) is 15.4. The van der Waals surface area contributed by atoms with Crippen LogP contribution in [-0.2, 0) is 16.0 Å². The molecule has 1 aliphatic heterocycles. The van der Waals surface area contributed by atoms with Gasteiger partial charge >= 0.3 is 0 Å². The van der Waals surface area contributed by atoms with E-state index in [1.165, 1.54) is 18.2 Å². The Morgan fingerprint density at radius 3 is 2.53 bits per heavy atom. The topological polar surface area (TPSA) is 106 Å². The van der Waals surface area contributed by atoms with E-state index in [1.54, 1.807) is 24.3 Å². The average Bonchev–Trinajstić information content (AvgIpc) is 3.35. The van der Waals surface area contributed by atoms with Gasteiger partial charge in [0.25, 0.3) is 11.6 Å². The highest BCUT2D eigenvalue weighted by atomic mass is 32.2. The molecule has 10 heteroatoms. The molecule has 0 bridgehead atoms. The summed E-state index contributed by atoms with van der Waals surface area (Å²) in [4.78, 5) is 35.6. The van der Waals surface area contributed by atoms with Crippen molar-refractivity contribution in [2.75, 3.05) is 0 Å². The fourth-order valence-electron chi connectivity index (χ4n) is 2.97. The maximum absolute atomic E-state index is 12.7. The first kappa shape index (κ1) is 21.5. The molecule has 1 N–H and O–H groups in total. The van der Waals surface area contributed by atoms with E-state index in [9.17, 15) is 19.7 Å². The van der Waals surface area contributed by atoms with Gasteiger partial charge in [-0.05, 0) is 42.0 Å². The first-order valence-electron chi connectivity index (χ1n) is 9.37. The van der Waals surface area contributed by atoms with Crippen LogP contribution in [-0.4, -0.2) is 26.1 Å². The zero-order valence-corrected chi connectivity index (χ0v) is 18.0. The monoisotopic (exact) mass is 465 g/mol. The molecule has 0 atom stereocenters. The number of hydrogen-bond acceptors (Lipinski definition) is 7. The summed E-state index contributed by atoms with van der Waals surface area (Å²) in [6.45, 7) is 0. The summed E-state index contributed by atoms with van der Waals surface area (Å²) in [5.41, 5.74) is 4.01. The van der Waals surface area contributed by atoms with Crippen molar-refractivity contribution >= 4 is 51.9 Å². The molecular weight excluding hydrogens is 450 g/mol. The second-order valence-corrected chi connectivity index (χ2v) is 8.40. The SMILES string of the molecule is O=C(Cc1ccccc1)NN1C(=O)C(=Cc2ccc(-c3ccc([N+](=O)[O-])cc3)o2)SC1=S. The Kier molecular flexibility index (Phi) is 6.15. The second-order valence-electron chi connectivity index (χ2n) is 6.72. The quantitative estimate of drug-likeness (QED) is 0.250. The van der Waals surface area contributed by atoms with E-state index in [-0.39, 0.29) is 22.3 Å². The van der Waals surface area contributed by atoms with Crippen LogP contribution < -0.4 is 5.43 Å². The van der Waals surface area contributed by atoms with Crippen molar-refractivity contribution in [2.24, 2.45) is 0 Å². The van der Waals surface area contributed by atoms with Gasteiger partial charge in [-0.25, -0.2) is 0 Å². The minimum Gasteiger partial charge on any atom is -0.457 e. The lowest BCUT2D eigenvalue weighted by atomic mass is 10.1. The molecule has 2 amide bonds. The van der Waals surface area contributed by atoms with Crippen molar-refractivity contribution in [2.45, 2.75) is 6.42 Å². The van der Waals surface area contributed by atoms with Gasteiger partial charge in [-0.3, -0.25) is 25.1 Å². The number of non-ortho nitro benzene ring substituents is 1. The molecule has 32 heavy (non-hydrogen) atoms. The number of thiocarbonyl (C=S) groups is 1. The number of carbonyl (C=O) groups is 2. The molecule has 4 rings (SSSR count). The van der Waals surface area contributed by atoms with Gasteiger partial charge in [0.05, 0.1) is 16.2 Å². The fraction of sp³-hybridized carbons (Fsp3) is 0.0455. The number of carbonyl (C=O) groups excluding carboxylic acids is 2. The zero-order chi connectivity index (χ0) is 22.7. The van der Waals surface area contributed by atoms with Gasteiger partial charge in [0.1, 0.15) is 11.5 Å². The molecule has 160 valence electrons. The van der Waals surface area contributed by atoms with E-state index in [2.05, 4.69) is 5.43 Å². The summed E-state index contributed by atoms with van der Waals surface area (Å²) in [6.07, 6.45) is 1.66. The van der Waals surface area contributed by atoms with Crippen LogP contribution in [0.1, 0.15) is 11.3 Å². The number of rotatable bonds is 6. The number of thioether (sulfide) groups is 1. The van der Waals surface area contributed by atoms with Gasteiger partial charge < -0.3 is 4.42 Å². The van der Waals surface area contributed by atoms with Gasteiger partial charge in [0, 0.05) is 23.8 Å². The van der Waals surface area contributed by atoms with Crippen molar-refractivity contribution < 1.29 is 18.9 Å². The Balaban J connectivity index is 1.45. The summed E-state index contributed by atoms with van der Waals surface area (Å²) in [5.74, 6) is 0.106. The van der Waals surface area contributed by atoms with Gasteiger partial charge in [0.15, 0.2) is 4.32 Å². The number of nitro groups is 1. The predicted octanol–water partition coefficient (Wildman–Crippen LogP) is 4.33. The van der Waals surface area contributed by atoms with E-state index in [1.807, 2.05) is 30.3 Å². The number of nitrogens with zero attached hydrogens (tertiary/aromatic N) is 2. The van der Waals surface area contributed by atoms with Crippen molar-refractivity contribution in [3.63, 3.8) is 0 Å². The third-order valence-corrected chi connectivity index (χ3v) is 5.80. The van der Waals surface area contributed by atoms with E-state index in [4.69, 9.17) is 16.6 Å². The highest BCUT2D eigenvalue weighted by molar-refractivity contribution is 8.26. The van der Waals surface area contributed by atoms with E-state index < -0.39 is 10.8 Å². The molecule has 3 aromatic rings. The highest BCUT2D eigenvalue weighted by Gasteiger charge is 2.33. The van der Waals surface area contributed by atoms with Crippen LogP contribution in [0.2, 0.25) is 0 Å². The van der Waals surface area contributed by atoms with Gasteiger partial charge in [-0.1, -0.05) is 42.1 Å². The van der Waals surface area contributed by atoms with Crippen molar-refractivity contribution in [3.8, 4) is 11.3 Å². The highest BCUT2D eigenvalue weighted by Crippen LogP contribution is 2.33. The van der Waals surface area contributed by atoms with E-state index >= 15 is 0 Å². The number of amides is 2. The molecule has 0 unspecified atom stereocenters. The Morgan fingerprint density at radius 2 is 1.84 bits per heavy atom. The largest absolute Gasteiger partial charge is 0.457 e. The Labute approximate surface area is 192 Å². The second kappa shape index (κ2) is 9.16. The van der Waals surface area contributed by atoms with Gasteiger partial charge in [0.2, 0.25) is 5.91 Å². The van der Waals surface area contributed by atoms with Crippen LogP contribution in [0.25, 0.3) is 17.4 Å². The molecule has 0 saturated carbocycles. The number of benzene rings is 2. The molecule has 1 aliphatic rings. The molecule has 2 heterocycles. The minimum atomic E-state index is -0.474. The predicted molar refractivity (Wildman–Crippen MR) is 124 cm³/mol. The number of nitro benzene ring substituents is 1. The summed E-state index contributed by atoms with van der Waals surface area (Å²) in [6, 6.07) is 18.5. The van der Waals surface area contributed by atoms with Crippen molar-refractivity contribution in [1.82, 2.24) is 10.4 Å². The average molecular weight is 466 g/mol. The van der Waals surface area contributed by atoms with Crippen LogP contribution in [0.5, 0.6) is 0 Å². The van der Waals surface area contributed by atoms with E-state index in [0.29, 0.717) is 22.0 Å². The normalized spacial score (nSPS) is 14.8. The third kappa shape index (κ3) is 4.76. The maximum Gasteiger partial charge on any atom is 0.285 e. The summed E-state index contributed by atoms with van der Waals surface area (Å²) in [5, 5.41) is 11.8. The summed E-state index contributed by atoms with van der Waals surface area (Å²) in [7, 11) is 0. The molecular formula is C22H15N3O5S2. The van der Waals surface area contributed by atoms with Gasteiger partial charge in [-0.2, -0.15) is 5.01 Å². The first-order valence-corrected chi connectivity index (χ1v) is 10.6. The molecule has 0 spiro atoms. The van der Waals surface area contributed by atoms with E-state index in [0.717, 1.165) is 22.3 Å². The molecule has 0 radical (unpaired) electrons. The molecule has 2 aromatic carbocycles. The lowest BCUT2D eigenvalue weighted by Crippen LogP contribution is -2.45. The fourth-order valence-corrected chi connectivity index (χ4v) is 4.13. The van der Waals surface area contributed by atoms with Gasteiger partial charge in [-0.15, -0.1) is 0 Å². The third-order valence-electron chi connectivity index (χ3n) is 4.50. The number of furan rings is 1. The number of nitrogens with one attached hydrogen (secondary N) is 1. The molecule has 8 nitrogen and oxygen atoms in total. The summed E-state index contributed by atoms with van der Waals surface area (Å²) >= 11 is 6.29. The molecule has 0 aliphatic carbocycles. The standard InChI is InChI=1S/C22H15N3O5S2/c26-20(12-14-4-2-1-3-5-14)23-24-21(27)19(32-22(24)31)13-17-10-11-18(30-17)15-6-8-16(9-7-15)25(28)29/h1-11,13H,12H2,(H,23,26). The Morgan fingerprint density at radius 1 is 1.12 bits per heavy atom. The van der Waals surface area contributed by atoms with Crippen LogP contribution in [0.3, 0.4) is 0 Å². The van der Waals surface area contributed by atoms with Crippen LogP contribution >= 0.6 is 24.0 Å². The molecule has 1 aromatic heterocycles. The Bertz CT molecular complexity index is 1240. The number of hydrazine groups is 1. The smallest absolute Gasteiger partial charge is 0.285 e. The van der Waals surface area contributed by atoms with Crippen LogP contribution in [0.15, 0.2) is 76.1 Å². The lowest BCUT2D eigenvalue weighted by molar-refractivity contribution is -0.384. The van der Waals surface area contributed by atoms with Crippen LogP contribution in [0.4, 0.5) is 5.69 Å². The Hall–Kier alpha value is -3.76. The van der Waals surface area contributed by atoms with Crippen molar-refractivity contribution in [1.29, 1.82) is 0 Å². The summed E-state index contributed by atoms with van der Waals surface area (Å²) < 4.78 is 5.96.